The molecule has 5 aliphatic heterocycles. The number of rotatable bonds is 2. The predicted octanol–water partition coefficient (Wildman–Crippen LogP) is 1.07. The number of hydrogen-bond donors (Lipinski definition) is 0. The molecule has 4 bridgehead atoms. The van der Waals surface area contributed by atoms with E-state index in [1.807, 2.05) is 4.90 Å². The van der Waals surface area contributed by atoms with Crippen LogP contribution in [-0.2, 0) is 6.18 Å². The summed E-state index contributed by atoms with van der Waals surface area (Å²) in [5.41, 5.74) is -0.869. The molecule has 5 aliphatic rings. The SMILES string of the molecule is FC(F)(F)c1ccnc(N2CCC(C3N4CN5CN(C4)CN3C5)CC2)n1. The molecule has 0 atom stereocenters. The van der Waals surface area contributed by atoms with Crippen molar-refractivity contribution in [2.24, 2.45) is 5.92 Å². The number of piperidine rings is 1. The highest BCUT2D eigenvalue weighted by Crippen LogP contribution is 2.35. The van der Waals surface area contributed by atoms with Gasteiger partial charge in [-0.2, -0.15) is 13.2 Å². The van der Waals surface area contributed by atoms with Crippen molar-refractivity contribution in [1.82, 2.24) is 29.6 Å². The highest BCUT2D eigenvalue weighted by molar-refractivity contribution is 5.31. The van der Waals surface area contributed by atoms with Crippen molar-refractivity contribution in [3.8, 4) is 0 Å². The van der Waals surface area contributed by atoms with Gasteiger partial charge in [-0.15, -0.1) is 0 Å². The number of anilines is 1. The van der Waals surface area contributed by atoms with E-state index in [0.717, 1.165) is 52.3 Å². The zero-order valence-electron chi connectivity index (χ0n) is 14.4. The van der Waals surface area contributed by atoms with Crippen molar-refractivity contribution in [3.63, 3.8) is 0 Å². The van der Waals surface area contributed by atoms with E-state index in [2.05, 4.69) is 29.6 Å². The minimum atomic E-state index is -4.43. The van der Waals surface area contributed by atoms with Gasteiger partial charge in [-0.25, -0.2) is 9.97 Å². The fourth-order valence-electron chi connectivity index (χ4n) is 4.89. The highest BCUT2D eigenvalue weighted by Gasteiger charge is 2.47. The van der Waals surface area contributed by atoms with Gasteiger partial charge in [0.05, 0.1) is 39.5 Å². The molecule has 0 radical (unpaired) electrons. The molecule has 5 saturated heterocycles. The Kier molecular flexibility index (Phi) is 3.85. The van der Waals surface area contributed by atoms with Crippen molar-refractivity contribution >= 4 is 5.95 Å². The second-order valence-electron chi connectivity index (χ2n) is 7.70. The first-order valence-electron chi connectivity index (χ1n) is 9.05. The molecule has 10 heteroatoms. The fraction of sp³-hybridized carbons (Fsp3) is 0.750. The van der Waals surface area contributed by atoms with Crippen LogP contribution in [0.25, 0.3) is 0 Å². The maximum atomic E-state index is 12.9. The normalized spacial score (nSPS) is 37.3. The topological polar surface area (TPSA) is 42.0 Å². The van der Waals surface area contributed by atoms with Crippen LogP contribution in [0.2, 0.25) is 0 Å². The zero-order chi connectivity index (χ0) is 17.9. The standard InChI is InChI=1S/C16H22F3N7/c17-16(18,19)13-1-4-20-15(21-13)24-5-2-12(3-6-24)14-25-8-22-7-23(10-25)11-26(14)9-22/h1,4,12,14H,2-3,5-11H2. The first-order valence-corrected chi connectivity index (χ1v) is 9.05. The highest BCUT2D eigenvalue weighted by atomic mass is 19.4. The second kappa shape index (κ2) is 6.01. The van der Waals surface area contributed by atoms with Gasteiger partial charge in [0.25, 0.3) is 0 Å². The van der Waals surface area contributed by atoms with Crippen LogP contribution in [0, 0.1) is 5.92 Å². The summed E-state index contributed by atoms with van der Waals surface area (Å²) in [5, 5.41) is 0. The van der Waals surface area contributed by atoms with Crippen LogP contribution in [0.3, 0.4) is 0 Å². The molecule has 0 spiro atoms. The van der Waals surface area contributed by atoms with Crippen molar-refractivity contribution in [1.29, 1.82) is 0 Å². The van der Waals surface area contributed by atoms with Crippen molar-refractivity contribution in [3.05, 3.63) is 18.0 Å². The average Bonchev–Trinajstić information content (AvgIpc) is 2.61. The molecule has 7 nitrogen and oxygen atoms in total. The van der Waals surface area contributed by atoms with E-state index in [0.29, 0.717) is 25.2 Å². The van der Waals surface area contributed by atoms with Crippen LogP contribution in [0.5, 0.6) is 0 Å². The number of alkyl halides is 3. The quantitative estimate of drug-likeness (QED) is 0.773. The van der Waals surface area contributed by atoms with Crippen LogP contribution < -0.4 is 4.90 Å². The number of hydrogen-bond acceptors (Lipinski definition) is 7. The van der Waals surface area contributed by atoms with Gasteiger partial charge in [0, 0.05) is 19.3 Å². The summed E-state index contributed by atoms with van der Waals surface area (Å²) in [4.78, 5) is 19.6. The summed E-state index contributed by atoms with van der Waals surface area (Å²) in [5.74, 6) is 0.737. The van der Waals surface area contributed by atoms with E-state index in [1.165, 1.54) is 6.20 Å². The fourth-order valence-corrected chi connectivity index (χ4v) is 4.89. The van der Waals surface area contributed by atoms with Gasteiger partial charge >= 0.3 is 6.18 Å². The van der Waals surface area contributed by atoms with Crippen LogP contribution >= 0.6 is 0 Å². The monoisotopic (exact) mass is 369 g/mol. The lowest BCUT2D eigenvalue weighted by atomic mass is 9.91. The van der Waals surface area contributed by atoms with Crippen LogP contribution in [0.4, 0.5) is 19.1 Å². The first kappa shape index (κ1) is 16.7. The third kappa shape index (κ3) is 2.84. The molecule has 6 heterocycles. The summed E-state index contributed by atoms with van der Waals surface area (Å²) in [6.07, 6.45) is -0.863. The Balaban J connectivity index is 1.26. The third-order valence-electron chi connectivity index (χ3n) is 5.85. The Morgan fingerprint density at radius 2 is 1.54 bits per heavy atom. The maximum Gasteiger partial charge on any atom is 0.433 e. The van der Waals surface area contributed by atoms with Crippen LogP contribution in [-0.4, -0.2) is 82.2 Å². The molecule has 0 aliphatic carbocycles. The van der Waals surface area contributed by atoms with E-state index in [9.17, 15) is 13.2 Å². The average molecular weight is 369 g/mol. The molecule has 0 N–H and O–H groups in total. The molecule has 5 fully saturated rings. The van der Waals surface area contributed by atoms with Gasteiger partial charge in [-0.05, 0) is 24.8 Å². The minimum Gasteiger partial charge on any atom is -0.341 e. The summed E-state index contributed by atoms with van der Waals surface area (Å²) in [6, 6.07) is 0.927. The number of nitrogens with zero attached hydrogens (tertiary/aromatic N) is 7. The molecule has 0 aromatic carbocycles. The Bertz CT molecular complexity index is 646. The molecule has 0 unspecified atom stereocenters. The predicted molar refractivity (Wildman–Crippen MR) is 87.5 cm³/mol. The first-order chi connectivity index (χ1) is 12.5. The number of halogens is 3. The molecule has 1 aromatic heterocycles. The largest absolute Gasteiger partial charge is 0.433 e. The van der Waals surface area contributed by atoms with Gasteiger partial charge in [-0.1, -0.05) is 0 Å². The molecule has 0 amide bonds. The third-order valence-corrected chi connectivity index (χ3v) is 5.85. The van der Waals surface area contributed by atoms with Crippen molar-refractivity contribution < 1.29 is 13.2 Å². The van der Waals surface area contributed by atoms with Gasteiger partial charge < -0.3 is 4.90 Å². The molecule has 1 aromatic rings. The van der Waals surface area contributed by atoms with Crippen LogP contribution in [0.15, 0.2) is 12.3 Å². The van der Waals surface area contributed by atoms with Gasteiger partial charge in [0.15, 0.2) is 0 Å². The molecule has 26 heavy (non-hydrogen) atoms. The van der Waals surface area contributed by atoms with Crippen LogP contribution in [0.1, 0.15) is 18.5 Å². The smallest absolute Gasteiger partial charge is 0.341 e. The minimum absolute atomic E-state index is 0.196. The Morgan fingerprint density at radius 1 is 0.923 bits per heavy atom. The maximum absolute atomic E-state index is 12.9. The Hall–Kier alpha value is -1.49. The van der Waals surface area contributed by atoms with E-state index in [4.69, 9.17) is 0 Å². The molecule has 142 valence electrons. The summed E-state index contributed by atoms with van der Waals surface area (Å²) >= 11 is 0. The zero-order valence-corrected chi connectivity index (χ0v) is 14.4. The lowest BCUT2D eigenvalue weighted by Gasteiger charge is -2.62. The van der Waals surface area contributed by atoms with E-state index in [1.54, 1.807) is 0 Å². The Labute approximate surface area is 150 Å². The lowest BCUT2D eigenvalue weighted by molar-refractivity contribution is -0.244. The second-order valence-corrected chi connectivity index (χ2v) is 7.70. The number of aromatic nitrogens is 2. The van der Waals surface area contributed by atoms with Crippen molar-refractivity contribution in [2.45, 2.75) is 25.2 Å². The van der Waals surface area contributed by atoms with E-state index in [-0.39, 0.29) is 5.95 Å². The lowest BCUT2D eigenvalue weighted by Crippen LogP contribution is -2.77. The van der Waals surface area contributed by atoms with E-state index < -0.39 is 11.9 Å². The van der Waals surface area contributed by atoms with Crippen molar-refractivity contribution in [2.75, 3.05) is 51.3 Å². The summed E-state index contributed by atoms with van der Waals surface area (Å²) in [7, 11) is 0. The Morgan fingerprint density at radius 3 is 2.12 bits per heavy atom. The summed E-state index contributed by atoms with van der Waals surface area (Å²) in [6.45, 7) is 6.56. The summed E-state index contributed by atoms with van der Waals surface area (Å²) < 4.78 is 38.6. The van der Waals surface area contributed by atoms with Gasteiger partial charge in [-0.3, -0.25) is 19.6 Å². The molecule has 0 saturated carbocycles. The van der Waals surface area contributed by atoms with Gasteiger partial charge in [0.1, 0.15) is 5.69 Å². The molecule has 6 rings (SSSR count). The van der Waals surface area contributed by atoms with E-state index >= 15 is 0 Å². The molecular weight excluding hydrogens is 347 g/mol. The molecular formula is C16H22F3N7. The van der Waals surface area contributed by atoms with Gasteiger partial charge in [0.2, 0.25) is 5.95 Å².